The molecule has 0 saturated heterocycles. The summed E-state index contributed by atoms with van der Waals surface area (Å²) in [5.74, 6) is 1.03. The third kappa shape index (κ3) is 2.80. The van der Waals surface area contributed by atoms with Gasteiger partial charge in [-0.25, -0.2) is 4.98 Å². The van der Waals surface area contributed by atoms with Gasteiger partial charge in [0.05, 0.1) is 0 Å². The number of anilines is 1. The highest BCUT2D eigenvalue weighted by atomic mass is 32.1. The monoisotopic (exact) mass is 273 g/mol. The van der Waals surface area contributed by atoms with Gasteiger partial charge in [0.1, 0.15) is 5.82 Å². The van der Waals surface area contributed by atoms with E-state index in [2.05, 4.69) is 39.6 Å². The molecular weight excluding hydrogens is 254 g/mol. The van der Waals surface area contributed by atoms with E-state index in [-0.39, 0.29) is 0 Å². The molecule has 4 heteroatoms. The molecule has 0 spiro atoms. The molecule has 0 aliphatic carbocycles. The fourth-order valence-electron chi connectivity index (χ4n) is 2.58. The predicted octanol–water partition coefficient (Wildman–Crippen LogP) is 3.13. The van der Waals surface area contributed by atoms with Crippen LogP contribution in [0.3, 0.4) is 0 Å². The van der Waals surface area contributed by atoms with Crippen molar-refractivity contribution in [3.63, 3.8) is 0 Å². The van der Waals surface area contributed by atoms with E-state index >= 15 is 0 Å². The van der Waals surface area contributed by atoms with E-state index in [1.54, 1.807) is 4.88 Å². The largest absolute Gasteiger partial charge is 0.370 e. The van der Waals surface area contributed by atoms with Crippen molar-refractivity contribution in [2.24, 2.45) is 0 Å². The van der Waals surface area contributed by atoms with Crippen LogP contribution in [-0.2, 0) is 19.5 Å². The Labute approximate surface area is 118 Å². The van der Waals surface area contributed by atoms with Crippen molar-refractivity contribution in [1.82, 2.24) is 9.88 Å². The zero-order valence-corrected chi connectivity index (χ0v) is 12.0. The number of fused-ring (bicyclic) bond motifs is 1. The topological polar surface area (TPSA) is 28.2 Å². The Kier molecular flexibility index (Phi) is 3.80. The van der Waals surface area contributed by atoms with Gasteiger partial charge < -0.3 is 5.32 Å². The minimum atomic E-state index is 0.915. The quantitative estimate of drug-likeness (QED) is 0.927. The number of hydrogen-bond donors (Lipinski definition) is 1. The smallest absolute Gasteiger partial charge is 0.130 e. The van der Waals surface area contributed by atoms with Crippen LogP contribution >= 0.6 is 11.3 Å². The van der Waals surface area contributed by atoms with E-state index < -0.39 is 0 Å². The number of thiophene rings is 1. The summed E-state index contributed by atoms with van der Waals surface area (Å²) in [4.78, 5) is 8.50. The lowest BCUT2D eigenvalue weighted by Gasteiger charge is -2.27. The van der Waals surface area contributed by atoms with E-state index in [9.17, 15) is 0 Å². The molecule has 1 N–H and O–H groups in total. The Morgan fingerprint density at radius 1 is 1.42 bits per heavy atom. The molecule has 0 fully saturated rings. The Balaban J connectivity index is 1.72. The first-order valence-electron chi connectivity index (χ1n) is 6.82. The summed E-state index contributed by atoms with van der Waals surface area (Å²) in [6, 6.07) is 6.46. The maximum Gasteiger partial charge on any atom is 0.130 e. The van der Waals surface area contributed by atoms with Crippen LogP contribution < -0.4 is 5.32 Å². The van der Waals surface area contributed by atoms with Crippen LogP contribution in [0.4, 0.5) is 5.82 Å². The maximum absolute atomic E-state index is 4.43. The molecule has 2 aromatic heterocycles. The van der Waals surface area contributed by atoms with Crippen LogP contribution in [0.2, 0.25) is 0 Å². The van der Waals surface area contributed by atoms with Gasteiger partial charge in [0.15, 0.2) is 0 Å². The van der Waals surface area contributed by atoms with Crippen LogP contribution in [-0.4, -0.2) is 23.0 Å². The van der Waals surface area contributed by atoms with Gasteiger partial charge in [-0.2, -0.15) is 0 Å². The average molecular weight is 273 g/mol. The van der Waals surface area contributed by atoms with Crippen molar-refractivity contribution in [2.75, 3.05) is 18.4 Å². The summed E-state index contributed by atoms with van der Waals surface area (Å²) < 4.78 is 0. The first kappa shape index (κ1) is 12.6. The lowest BCUT2D eigenvalue weighted by Crippen LogP contribution is -2.29. The molecule has 3 nitrogen and oxygen atoms in total. The number of nitrogens with zero attached hydrogens (tertiary/aromatic N) is 2. The number of hydrogen-bond acceptors (Lipinski definition) is 4. The van der Waals surface area contributed by atoms with E-state index in [4.69, 9.17) is 0 Å². The molecule has 2 aromatic rings. The molecule has 19 heavy (non-hydrogen) atoms. The Morgan fingerprint density at radius 2 is 2.37 bits per heavy atom. The summed E-state index contributed by atoms with van der Waals surface area (Å²) in [5.41, 5.74) is 2.80. The van der Waals surface area contributed by atoms with Gasteiger partial charge in [0, 0.05) is 42.8 Å². The molecule has 0 amide bonds. The highest BCUT2D eigenvalue weighted by Gasteiger charge is 2.18. The zero-order chi connectivity index (χ0) is 13.1. The number of pyridine rings is 1. The molecule has 1 aliphatic rings. The van der Waals surface area contributed by atoms with Crippen LogP contribution in [0, 0.1) is 0 Å². The number of aromatic nitrogens is 1. The van der Waals surface area contributed by atoms with Crippen molar-refractivity contribution < 1.29 is 0 Å². The lowest BCUT2D eigenvalue weighted by molar-refractivity contribution is 0.247. The van der Waals surface area contributed by atoms with Gasteiger partial charge in [-0.05, 0) is 36.4 Å². The number of rotatable bonds is 4. The van der Waals surface area contributed by atoms with Crippen molar-refractivity contribution >= 4 is 17.2 Å². The van der Waals surface area contributed by atoms with Crippen molar-refractivity contribution in [3.05, 3.63) is 45.8 Å². The summed E-state index contributed by atoms with van der Waals surface area (Å²) >= 11 is 1.89. The first-order valence-corrected chi connectivity index (χ1v) is 7.70. The molecule has 3 rings (SSSR count). The average Bonchev–Trinajstić information content (AvgIpc) is 2.89. The molecule has 0 saturated carbocycles. The van der Waals surface area contributed by atoms with Gasteiger partial charge in [-0.1, -0.05) is 6.07 Å². The standard InChI is InChI=1S/C15H19N3S/c1-2-16-15-13(4-3-7-17-15)11-18-8-5-14-12(10-18)6-9-19-14/h3-4,6-7,9H,2,5,8,10-11H2,1H3,(H,16,17). The van der Waals surface area contributed by atoms with Gasteiger partial charge in [0.2, 0.25) is 0 Å². The molecule has 0 radical (unpaired) electrons. The minimum Gasteiger partial charge on any atom is -0.370 e. The molecule has 0 bridgehead atoms. The Bertz CT molecular complexity index is 550. The van der Waals surface area contributed by atoms with Crippen molar-refractivity contribution in [2.45, 2.75) is 26.4 Å². The predicted molar refractivity (Wildman–Crippen MR) is 80.5 cm³/mol. The van der Waals surface area contributed by atoms with Gasteiger partial charge in [0.25, 0.3) is 0 Å². The third-order valence-corrected chi connectivity index (χ3v) is 4.54. The summed E-state index contributed by atoms with van der Waals surface area (Å²) in [5, 5.41) is 5.55. The summed E-state index contributed by atoms with van der Waals surface area (Å²) in [6.45, 7) is 6.22. The highest BCUT2D eigenvalue weighted by molar-refractivity contribution is 7.10. The Hall–Kier alpha value is -1.39. The van der Waals surface area contributed by atoms with Crippen LogP contribution in [0.25, 0.3) is 0 Å². The van der Waals surface area contributed by atoms with Crippen LogP contribution in [0.15, 0.2) is 29.8 Å². The Morgan fingerprint density at radius 3 is 3.26 bits per heavy atom. The zero-order valence-electron chi connectivity index (χ0n) is 11.2. The second kappa shape index (κ2) is 5.72. The van der Waals surface area contributed by atoms with E-state index in [0.29, 0.717) is 0 Å². The second-order valence-corrected chi connectivity index (χ2v) is 5.87. The molecule has 0 atom stereocenters. The maximum atomic E-state index is 4.43. The van der Waals surface area contributed by atoms with Gasteiger partial charge in [-0.15, -0.1) is 11.3 Å². The van der Waals surface area contributed by atoms with Crippen molar-refractivity contribution in [3.8, 4) is 0 Å². The van der Waals surface area contributed by atoms with Crippen LogP contribution in [0.1, 0.15) is 22.9 Å². The molecule has 0 unspecified atom stereocenters. The number of nitrogens with one attached hydrogen (secondary N) is 1. The van der Waals surface area contributed by atoms with E-state index in [1.807, 2.05) is 23.6 Å². The molecule has 3 heterocycles. The SMILES string of the molecule is CCNc1ncccc1CN1CCc2sccc2C1. The fraction of sp³-hybridized carbons (Fsp3) is 0.400. The highest BCUT2D eigenvalue weighted by Crippen LogP contribution is 2.25. The van der Waals surface area contributed by atoms with Gasteiger partial charge in [-0.3, -0.25) is 4.90 Å². The summed E-state index contributed by atoms with van der Waals surface area (Å²) in [7, 11) is 0. The molecule has 1 aliphatic heterocycles. The van der Waals surface area contributed by atoms with E-state index in [0.717, 1.165) is 32.0 Å². The third-order valence-electron chi connectivity index (χ3n) is 3.52. The first-order chi connectivity index (χ1) is 9.36. The molecule has 0 aromatic carbocycles. The molecular formula is C15H19N3S. The van der Waals surface area contributed by atoms with Crippen LogP contribution in [0.5, 0.6) is 0 Å². The van der Waals surface area contributed by atoms with E-state index in [1.165, 1.54) is 17.5 Å². The molecule has 100 valence electrons. The lowest BCUT2D eigenvalue weighted by atomic mass is 10.1. The summed E-state index contributed by atoms with van der Waals surface area (Å²) in [6.07, 6.45) is 3.04. The normalized spacial score (nSPS) is 15.2. The van der Waals surface area contributed by atoms with Gasteiger partial charge >= 0.3 is 0 Å². The fourth-order valence-corrected chi connectivity index (χ4v) is 3.47. The minimum absolute atomic E-state index is 0.915. The van der Waals surface area contributed by atoms with Crippen molar-refractivity contribution in [1.29, 1.82) is 0 Å². The second-order valence-electron chi connectivity index (χ2n) is 4.87.